The normalized spacial score (nSPS) is 22.4. The van der Waals surface area contributed by atoms with Gasteiger partial charge < -0.3 is 10.2 Å². The van der Waals surface area contributed by atoms with Crippen LogP contribution < -0.4 is 10.6 Å². The van der Waals surface area contributed by atoms with Crippen LogP contribution in [-0.2, 0) is 4.79 Å². The van der Waals surface area contributed by atoms with E-state index in [-0.39, 0.29) is 17.9 Å². The first-order valence-corrected chi connectivity index (χ1v) is 11.9. The lowest BCUT2D eigenvalue weighted by Gasteiger charge is -2.41. The molecule has 2 fully saturated rings. The lowest BCUT2D eigenvalue weighted by atomic mass is 9.74. The van der Waals surface area contributed by atoms with E-state index in [4.69, 9.17) is 0 Å². The Morgan fingerprint density at radius 1 is 0.938 bits per heavy atom. The second-order valence-electron chi connectivity index (χ2n) is 9.76. The summed E-state index contributed by atoms with van der Waals surface area (Å²) >= 11 is 0. The molecular weight excluding hydrogens is 398 g/mol. The van der Waals surface area contributed by atoms with Crippen molar-refractivity contribution in [3.05, 3.63) is 71.8 Å². The van der Waals surface area contributed by atoms with Crippen LogP contribution in [0.15, 0.2) is 60.7 Å². The number of likely N-dealkylation sites (tertiary alicyclic amines) is 1. The van der Waals surface area contributed by atoms with Crippen LogP contribution in [0.4, 0.5) is 4.79 Å². The third-order valence-electron chi connectivity index (χ3n) is 7.21. The number of urea groups is 1. The maximum Gasteiger partial charge on any atom is 0.322 e. The summed E-state index contributed by atoms with van der Waals surface area (Å²) in [4.78, 5) is 27.4. The Morgan fingerprint density at radius 3 is 1.97 bits per heavy atom. The summed E-state index contributed by atoms with van der Waals surface area (Å²) < 4.78 is 0. The van der Waals surface area contributed by atoms with E-state index in [2.05, 4.69) is 90.0 Å². The molecule has 0 spiro atoms. The first kappa shape index (κ1) is 22.5. The molecule has 4 rings (SSSR count). The predicted molar refractivity (Wildman–Crippen MR) is 127 cm³/mol. The molecule has 2 heterocycles. The van der Waals surface area contributed by atoms with Gasteiger partial charge in [0.1, 0.15) is 5.54 Å². The molecule has 5 nitrogen and oxygen atoms in total. The molecule has 0 bridgehead atoms. The Kier molecular flexibility index (Phi) is 6.95. The van der Waals surface area contributed by atoms with Gasteiger partial charge in [-0.3, -0.25) is 10.1 Å². The lowest BCUT2D eigenvalue weighted by molar-refractivity contribution is -0.127. The zero-order chi connectivity index (χ0) is 22.6. The third kappa shape index (κ3) is 4.88. The van der Waals surface area contributed by atoms with Gasteiger partial charge in [0.05, 0.1) is 0 Å². The van der Waals surface area contributed by atoms with Crippen LogP contribution in [0.2, 0.25) is 0 Å². The number of nitrogens with zero attached hydrogens (tertiary/aromatic N) is 1. The zero-order valence-corrected chi connectivity index (χ0v) is 19.2. The number of hydrogen-bond acceptors (Lipinski definition) is 3. The highest BCUT2D eigenvalue weighted by molar-refractivity contribution is 6.07. The molecule has 0 saturated carbocycles. The van der Waals surface area contributed by atoms with Gasteiger partial charge in [0.15, 0.2) is 0 Å². The highest BCUT2D eigenvalue weighted by Gasteiger charge is 2.51. The molecule has 32 heavy (non-hydrogen) atoms. The van der Waals surface area contributed by atoms with Crippen molar-refractivity contribution in [2.75, 3.05) is 19.6 Å². The largest absolute Gasteiger partial charge is 0.323 e. The molecule has 170 valence electrons. The summed E-state index contributed by atoms with van der Waals surface area (Å²) in [5.74, 6) is 0.858. The predicted octanol–water partition coefficient (Wildman–Crippen LogP) is 4.54. The summed E-state index contributed by atoms with van der Waals surface area (Å²) in [6.45, 7) is 7.16. The SMILES string of the molecule is CC(C)CC[C@@]1(C2CCN(CC(c3ccccc3)c3ccccc3)CC2)NC(=O)NC1=O. The molecule has 2 aromatic carbocycles. The maximum atomic E-state index is 12.8. The first-order valence-electron chi connectivity index (χ1n) is 11.9. The molecule has 0 aromatic heterocycles. The highest BCUT2D eigenvalue weighted by atomic mass is 16.2. The van der Waals surface area contributed by atoms with Crippen LogP contribution >= 0.6 is 0 Å². The van der Waals surface area contributed by atoms with Gasteiger partial charge in [0.25, 0.3) is 5.91 Å². The van der Waals surface area contributed by atoms with Gasteiger partial charge in [-0.1, -0.05) is 74.5 Å². The topological polar surface area (TPSA) is 61.4 Å². The van der Waals surface area contributed by atoms with Crippen molar-refractivity contribution in [1.82, 2.24) is 15.5 Å². The van der Waals surface area contributed by atoms with Crippen LogP contribution in [0.1, 0.15) is 56.6 Å². The number of carbonyl (C=O) groups excluding carboxylic acids is 2. The minimum atomic E-state index is -0.744. The molecule has 2 aromatic rings. The smallest absolute Gasteiger partial charge is 0.322 e. The fourth-order valence-corrected chi connectivity index (χ4v) is 5.33. The molecule has 2 N–H and O–H groups in total. The molecule has 2 aliphatic heterocycles. The number of hydrogen-bond donors (Lipinski definition) is 2. The van der Waals surface area contributed by atoms with Crippen molar-refractivity contribution in [1.29, 1.82) is 0 Å². The summed E-state index contributed by atoms with van der Waals surface area (Å²) in [5.41, 5.74) is 1.92. The molecule has 0 unspecified atom stereocenters. The number of rotatable bonds is 8. The molecule has 0 aliphatic carbocycles. The minimum Gasteiger partial charge on any atom is -0.323 e. The Bertz CT molecular complexity index is 868. The van der Waals surface area contributed by atoms with Crippen molar-refractivity contribution in [3.63, 3.8) is 0 Å². The van der Waals surface area contributed by atoms with Crippen molar-refractivity contribution >= 4 is 11.9 Å². The van der Waals surface area contributed by atoms with Crippen molar-refractivity contribution in [2.45, 2.75) is 51.0 Å². The second kappa shape index (κ2) is 9.86. The Morgan fingerprint density at radius 2 is 1.50 bits per heavy atom. The quantitative estimate of drug-likeness (QED) is 0.601. The van der Waals surface area contributed by atoms with Gasteiger partial charge in [-0.05, 0) is 61.7 Å². The second-order valence-corrected chi connectivity index (χ2v) is 9.76. The summed E-state index contributed by atoms with van der Waals surface area (Å²) in [5, 5.41) is 5.54. The van der Waals surface area contributed by atoms with E-state index in [9.17, 15) is 9.59 Å². The van der Waals surface area contributed by atoms with E-state index in [1.165, 1.54) is 11.1 Å². The average molecular weight is 434 g/mol. The van der Waals surface area contributed by atoms with Crippen LogP contribution in [0.25, 0.3) is 0 Å². The van der Waals surface area contributed by atoms with Crippen LogP contribution in [0.5, 0.6) is 0 Å². The van der Waals surface area contributed by atoms with Gasteiger partial charge in [0.2, 0.25) is 0 Å². The fraction of sp³-hybridized carbons (Fsp3) is 0.481. The number of piperidine rings is 1. The molecule has 2 saturated heterocycles. The lowest BCUT2D eigenvalue weighted by Crippen LogP contribution is -2.56. The van der Waals surface area contributed by atoms with Gasteiger partial charge >= 0.3 is 6.03 Å². The summed E-state index contributed by atoms with van der Waals surface area (Å²) in [6, 6.07) is 21.1. The number of amides is 3. The van der Waals surface area contributed by atoms with E-state index in [1.54, 1.807) is 0 Å². The van der Waals surface area contributed by atoms with Gasteiger partial charge in [-0.25, -0.2) is 4.79 Å². The third-order valence-corrected chi connectivity index (χ3v) is 7.21. The Hall–Kier alpha value is -2.66. The minimum absolute atomic E-state index is 0.131. The molecule has 0 radical (unpaired) electrons. The number of carbonyl (C=O) groups is 2. The summed E-state index contributed by atoms with van der Waals surface area (Å²) in [6.07, 6.45) is 3.48. The van der Waals surface area contributed by atoms with Crippen LogP contribution in [-0.4, -0.2) is 42.0 Å². The van der Waals surface area contributed by atoms with Crippen molar-refractivity contribution < 1.29 is 9.59 Å². The van der Waals surface area contributed by atoms with E-state index in [0.717, 1.165) is 38.9 Å². The molecule has 1 atom stereocenters. The number of imide groups is 1. The van der Waals surface area contributed by atoms with Gasteiger partial charge in [-0.15, -0.1) is 0 Å². The monoisotopic (exact) mass is 433 g/mol. The molecule has 2 aliphatic rings. The zero-order valence-electron chi connectivity index (χ0n) is 19.2. The van der Waals surface area contributed by atoms with Crippen molar-refractivity contribution in [2.24, 2.45) is 11.8 Å². The van der Waals surface area contributed by atoms with E-state index in [0.29, 0.717) is 18.3 Å². The van der Waals surface area contributed by atoms with E-state index in [1.807, 2.05) is 0 Å². The van der Waals surface area contributed by atoms with E-state index >= 15 is 0 Å². The fourth-order valence-electron chi connectivity index (χ4n) is 5.33. The van der Waals surface area contributed by atoms with Crippen LogP contribution in [0, 0.1) is 11.8 Å². The standard InChI is InChI=1S/C27H35N3O2/c1-20(2)13-16-27(25(31)28-26(32)29-27)23-14-17-30(18-15-23)19-24(21-9-5-3-6-10-21)22-11-7-4-8-12-22/h3-12,20,23-24H,13-19H2,1-2H3,(H2,28,29,31,32)/t27-/m0/s1. The van der Waals surface area contributed by atoms with Crippen molar-refractivity contribution in [3.8, 4) is 0 Å². The maximum absolute atomic E-state index is 12.8. The molecular formula is C27H35N3O2. The van der Waals surface area contributed by atoms with Gasteiger partial charge in [0, 0.05) is 12.5 Å². The first-order chi connectivity index (χ1) is 15.5. The Labute approximate surface area is 191 Å². The molecule has 3 amide bonds. The summed E-state index contributed by atoms with van der Waals surface area (Å²) in [7, 11) is 0. The molecule has 5 heteroatoms. The highest BCUT2D eigenvalue weighted by Crippen LogP contribution is 2.36. The average Bonchev–Trinajstić information content (AvgIpc) is 3.11. The number of benzene rings is 2. The van der Waals surface area contributed by atoms with Crippen LogP contribution in [0.3, 0.4) is 0 Å². The van der Waals surface area contributed by atoms with E-state index < -0.39 is 5.54 Å². The number of nitrogens with one attached hydrogen (secondary N) is 2. The Balaban J connectivity index is 1.46. The van der Waals surface area contributed by atoms with Gasteiger partial charge in [-0.2, -0.15) is 0 Å².